The zero-order chi connectivity index (χ0) is 13.2. The largest absolute Gasteiger partial charge is 0.248 e. The van der Waals surface area contributed by atoms with Crippen LogP contribution in [-0.4, -0.2) is 27.5 Å². The summed E-state index contributed by atoms with van der Waals surface area (Å²) in [5, 5.41) is 0. The van der Waals surface area contributed by atoms with Gasteiger partial charge >= 0.3 is 0 Å². The highest BCUT2D eigenvalue weighted by Gasteiger charge is 2.26. The molecule has 1 fully saturated rings. The lowest BCUT2D eigenvalue weighted by molar-refractivity contribution is 0.232. The Labute approximate surface area is 111 Å². The predicted molar refractivity (Wildman–Crippen MR) is 79.1 cm³/mol. The average Bonchev–Trinajstić information content (AvgIpc) is 2.40. The lowest BCUT2D eigenvalue weighted by atomic mass is 9.87. The molecular formula is C15H23NOS. The van der Waals surface area contributed by atoms with Crippen molar-refractivity contribution in [3.8, 4) is 0 Å². The molecule has 1 aromatic rings. The molecule has 2 rings (SSSR count). The summed E-state index contributed by atoms with van der Waals surface area (Å²) in [5.41, 5.74) is 0. The molecule has 0 spiro atoms. The van der Waals surface area contributed by atoms with Gasteiger partial charge < -0.3 is 0 Å². The number of rotatable bonds is 3. The fourth-order valence-corrected chi connectivity index (χ4v) is 4.30. The molecule has 2 nitrogen and oxygen atoms in total. The summed E-state index contributed by atoms with van der Waals surface area (Å²) in [5.74, 6) is 5.48. The van der Waals surface area contributed by atoms with Gasteiger partial charge in [-0.3, -0.25) is 0 Å². The van der Waals surface area contributed by atoms with Gasteiger partial charge in [0.15, 0.2) is 0 Å². The van der Waals surface area contributed by atoms with Gasteiger partial charge in [0.25, 0.3) is 0 Å². The highest BCUT2D eigenvalue weighted by Crippen LogP contribution is 2.27. The fourth-order valence-electron chi connectivity index (χ4n) is 2.62. The van der Waals surface area contributed by atoms with Gasteiger partial charge in [0, 0.05) is 18.0 Å². The van der Waals surface area contributed by atoms with Crippen LogP contribution in [0.5, 0.6) is 0 Å². The first kappa shape index (κ1) is 13.6. The molecule has 18 heavy (non-hydrogen) atoms. The second kappa shape index (κ2) is 5.45. The summed E-state index contributed by atoms with van der Waals surface area (Å²) in [7, 11) is -2.28. The summed E-state index contributed by atoms with van der Waals surface area (Å²) in [6.07, 6.45) is 2.27. The van der Waals surface area contributed by atoms with Gasteiger partial charge in [-0.25, -0.2) is 8.51 Å². The molecule has 0 amide bonds. The second-order valence-electron chi connectivity index (χ2n) is 5.46. The number of hydrogen-bond acceptors (Lipinski definition) is 1. The molecule has 0 bridgehead atoms. The van der Waals surface area contributed by atoms with Crippen LogP contribution in [0.4, 0.5) is 0 Å². The van der Waals surface area contributed by atoms with E-state index < -0.39 is 9.71 Å². The van der Waals surface area contributed by atoms with Crippen molar-refractivity contribution in [2.75, 3.05) is 13.1 Å². The summed E-state index contributed by atoms with van der Waals surface area (Å²) < 4.78 is 14.9. The Bertz CT molecular complexity index is 470. The van der Waals surface area contributed by atoms with E-state index in [1.54, 1.807) is 0 Å². The molecule has 1 aromatic carbocycles. The molecular weight excluding hydrogens is 242 g/mol. The Morgan fingerprint density at radius 1 is 1.22 bits per heavy atom. The minimum Gasteiger partial charge on any atom is -0.248 e. The van der Waals surface area contributed by atoms with Gasteiger partial charge in [0.1, 0.15) is 0 Å². The van der Waals surface area contributed by atoms with E-state index in [2.05, 4.69) is 24.0 Å². The summed E-state index contributed by atoms with van der Waals surface area (Å²) in [6, 6.07) is 9.65. The zero-order valence-corrected chi connectivity index (χ0v) is 12.2. The van der Waals surface area contributed by atoms with Gasteiger partial charge in [0.05, 0.1) is 9.71 Å². The van der Waals surface area contributed by atoms with Crippen LogP contribution in [0.1, 0.15) is 26.7 Å². The summed E-state index contributed by atoms with van der Waals surface area (Å²) >= 11 is 0. The SMILES string of the molecule is C=S(=O)(c1ccccc1)N1CCC(C(C)C)CC1. The number of piperidine rings is 1. The Morgan fingerprint density at radius 3 is 2.28 bits per heavy atom. The van der Waals surface area contributed by atoms with Crippen LogP contribution in [0, 0.1) is 11.8 Å². The summed E-state index contributed by atoms with van der Waals surface area (Å²) in [6.45, 7) is 6.36. The second-order valence-corrected chi connectivity index (χ2v) is 7.73. The first-order valence-electron chi connectivity index (χ1n) is 6.69. The first-order chi connectivity index (χ1) is 8.51. The van der Waals surface area contributed by atoms with Crippen molar-refractivity contribution in [2.45, 2.75) is 31.6 Å². The highest BCUT2D eigenvalue weighted by molar-refractivity contribution is 7.98. The van der Waals surface area contributed by atoms with Crippen molar-refractivity contribution in [3.05, 3.63) is 30.3 Å². The van der Waals surface area contributed by atoms with Crippen LogP contribution in [0.15, 0.2) is 35.2 Å². The van der Waals surface area contributed by atoms with E-state index in [1.165, 1.54) is 0 Å². The maximum atomic E-state index is 12.8. The molecule has 1 unspecified atom stereocenters. The standard InChI is InChI=1S/C15H23NOS/c1-13(2)14-9-11-16(12-10-14)18(3,17)15-7-5-4-6-8-15/h4-8,13-14H,3,9-12H2,1-2H3. The number of hydrogen-bond donors (Lipinski definition) is 0. The molecule has 0 radical (unpaired) electrons. The Kier molecular flexibility index (Phi) is 4.13. The summed E-state index contributed by atoms with van der Waals surface area (Å²) in [4.78, 5) is 0.855. The predicted octanol–water partition coefficient (Wildman–Crippen LogP) is 3.04. The van der Waals surface area contributed by atoms with Crippen molar-refractivity contribution in [3.63, 3.8) is 0 Å². The van der Waals surface area contributed by atoms with E-state index in [-0.39, 0.29) is 0 Å². The van der Waals surface area contributed by atoms with E-state index >= 15 is 0 Å². The number of benzene rings is 1. The average molecular weight is 265 g/mol. The maximum Gasteiger partial charge on any atom is 0.0558 e. The number of nitrogens with zero attached hydrogens (tertiary/aromatic N) is 1. The van der Waals surface area contributed by atoms with Crippen molar-refractivity contribution < 1.29 is 4.21 Å². The molecule has 1 aliphatic heterocycles. The molecule has 1 saturated heterocycles. The van der Waals surface area contributed by atoms with E-state index in [1.807, 2.05) is 30.3 Å². The molecule has 1 heterocycles. The van der Waals surface area contributed by atoms with Gasteiger partial charge in [-0.05, 0) is 42.7 Å². The molecule has 0 aromatic heterocycles. The zero-order valence-electron chi connectivity index (χ0n) is 11.3. The van der Waals surface area contributed by atoms with Crippen molar-refractivity contribution in [2.24, 2.45) is 11.8 Å². The lowest BCUT2D eigenvalue weighted by Crippen LogP contribution is -2.39. The van der Waals surface area contributed by atoms with Crippen LogP contribution in [0.3, 0.4) is 0 Å². The molecule has 0 N–H and O–H groups in total. The third kappa shape index (κ3) is 2.78. The van der Waals surface area contributed by atoms with Crippen LogP contribution >= 0.6 is 0 Å². The smallest absolute Gasteiger partial charge is 0.0558 e. The van der Waals surface area contributed by atoms with Crippen LogP contribution < -0.4 is 0 Å². The molecule has 3 heteroatoms. The van der Waals surface area contributed by atoms with Gasteiger partial charge in [-0.15, -0.1) is 0 Å². The third-order valence-electron chi connectivity index (χ3n) is 3.97. The normalized spacial score (nSPS) is 21.9. The van der Waals surface area contributed by atoms with E-state index in [9.17, 15) is 4.21 Å². The fraction of sp³-hybridized carbons (Fsp3) is 0.533. The van der Waals surface area contributed by atoms with E-state index in [0.717, 1.165) is 42.7 Å². The molecule has 1 aliphatic rings. The van der Waals surface area contributed by atoms with Crippen molar-refractivity contribution in [1.82, 2.24) is 4.31 Å². The van der Waals surface area contributed by atoms with E-state index in [4.69, 9.17) is 0 Å². The third-order valence-corrected chi connectivity index (χ3v) is 6.18. The topological polar surface area (TPSA) is 20.3 Å². The molecule has 0 aliphatic carbocycles. The van der Waals surface area contributed by atoms with Crippen molar-refractivity contribution in [1.29, 1.82) is 0 Å². The Balaban J connectivity index is 2.10. The molecule has 1 atom stereocenters. The molecule has 0 saturated carbocycles. The van der Waals surface area contributed by atoms with Crippen LogP contribution in [-0.2, 0) is 9.71 Å². The van der Waals surface area contributed by atoms with Crippen LogP contribution in [0.2, 0.25) is 0 Å². The monoisotopic (exact) mass is 265 g/mol. The minimum absolute atomic E-state index is 0.727. The van der Waals surface area contributed by atoms with Crippen molar-refractivity contribution >= 4 is 15.6 Å². The quantitative estimate of drug-likeness (QED) is 0.769. The van der Waals surface area contributed by atoms with Gasteiger partial charge in [0.2, 0.25) is 0 Å². The van der Waals surface area contributed by atoms with E-state index in [0.29, 0.717) is 0 Å². The van der Waals surface area contributed by atoms with Gasteiger partial charge in [-0.1, -0.05) is 32.0 Å². The van der Waals surface area contributed by atoms with Gasteiger partial charge in [-0.2, -0.15) is 0 Å². The minimum atomic E-state index is -2.28. The lowest BCUT2D eigenvalue weighted by Gasteiger charge is -2.35. The Hall–Kier alpha value is -0.800. The van der Waals surface area contributed by atoms with Crippen LogP contribution in [0.25, 0.3) is 0 Å². The molecule has 100 valence electrons. The highest BCUT2D eigenvalue weighted by atomic mass is 32.2. The maximum absolute atomic E-state index is 12.8. The Morgan fingerprint density at radius 2 is 1.78 bits per heavy atom. The first-order valence-corrected chi connectivity index (χ1v) is 8.37.